The van der Waals surface area contributed by atoms with Gasteiger partial charge in [0.1, 0.15) is 6.04 Å². The molecule has 0 heterocycles. The molecule has 0 rings (SSSR count). The summed E-state index contributed by atoms with van der Waals surface area (Å²) in [4.78, 5) is 33.4. The van der Waals surface area contributed by atoms with E-state index in [4.69, 9.17) is 10.5 Å². The Morgan fingerprint density at radius 1 is 1.21 bits per heavy atom. The van der Waals surface area contributed by atoms with Gasteiger partial charge in [-0.2, -0.15) is 0 Å². The van der Waals surface area contributed by atoms with Crippen molar-refractivity contribution in [2.45, 2.75) is 38.5 Å². The molecule has 2 N–H and O–H groups in total. The molecule has 8 heteroatoms. The molecule has 110 valence electrons. The first-order valence-electron chi connectivity index (χ1n) is 5.62. The minimum atomic E-state index is -0.973. The van der Waals surface area contributed by atoms with Crippen LogP contribution in [0.1, 0.15) is 27.7 Å². The molecule has 0 saturated heterocycles. The lowest BCUT2D eigenvalue weighted by Gasteiger charge is -2.27. The summed E-state index contributed by atoms with van der Waals surface area (Å²) in [5, 5.41) is -0.689. The number of ether oxygens (including phenoxy) is 3. The molecule has 0 spiro atoms. The van der Waals surface area contributed by atoms with Crippen molar-refractivity contribution in [1.82, 2.24) is 0 Å². The summed E-state index contributed by atoms with van der Waals surface area (Å²) in [5.41, 5.74) is 5.72. The first kappa shape index (κ1) is 17.7. The highest BCUT2D eigenvalue weighted by atomic mass is 32.2. The Morgan fingerprint density at radius 3 is 2.26 bits per heavy atom. The molecule has 0 radical (unpaired) electrons. The molecular formula is C11H19NO6S. The molecule has 1 atom stereocenters. The van der Waals surface area contributed by atoms with Gasteiger partial charge in [-0.15, -0.1) is 0 Å². The van der Waals surface area contributed by atoms with Crippen molar-refractivity contribution < 1.29 is 28.6 Å². The van der Waals surface area contributed by atoms with Crippen LogP contribution in [0.15, 0.2) is 0 Å². The predicted molar refractivity (Wildman–Crippen MR) is 69.4 cm³/mol. The molecule has 0 aliphatic heterocycles. The van der Waals surface area contributed by atoms with E-state index in [9.17, 15) is 14.4 Å². The van der Waals surface area contributed by atoms with E-state index >= 15 is 0 Å². The standard InChI is InChI=1S/C11H19NO6S/c1-5-16-9(14)8(12)11(3,4)19-10(15)18-6-17-7(2)13/h8H,5-6,12H2,1-4H3/t8-/m0/s1. The molecule has 0 aliphatic carbocycles. The molecule has 0 fully saturated rings. The van der Waals surface area contributed by atoms with E-state index < -0.39 is 34.8 Å². The maximum absolute atomic E-state index is 11.5. The van der Waals surface area contributed by atoms with Gasteiger partial charge in [-0.25, -0.2) is 4.79 Å². The van der Waals surface area contributed by atoms with Crippen molar-refractivity contribution in [2.75, 3.05) is 13.4 Å². The lowest BCUT2D eigenvalue weighted by atomic mass is 10.1. The quantitative estimate of drug-likeness (QED) is 0.572. The van der Waals surface area contributed by atoms with E-state index in [1.54, 1.807) is 20.8 Å². The molecule has 0 aromatic heterocycles. The lowest BCUT2D eigenvalue weighted by Crippen LogP contribution is -2.48. The summed E-state index contributed by atoms with van der Waals surface area (Å²) in [6.07, 6.45) is 0. The summed E-state index contributed by atoms with van der Waals surface area (Å²) in [7, 11) is 0. The lowest BCUT2D eigenvalue weighted by molar-refractivity contribution is -0.148. The van der Waals surface area contributed by atoms with Crippen LogP contribution in [-0.4, -0.2) is 41.4 Å². The van der Waals surface area contributed by atoms with Crippen molar-refractivity contribution in [3.63, 3.8) is 0 Å². The van der Waals surface area contributed by atoms with Crippen LogP contribution in [0.3, 0.4) is 0 Å². The molecule has 0 amide bonds. The third kappa shape index (κ3) is 7.02. The summed E-state index contributed by atoms with van der Waals surface area (Å²) in [5.74, 6) is -1.15. The number of esters is 2. The Kier molecular flexibility index (Phi) is 7.47. The average Bonchev–Trinajstić information content (AvgIpc) is 2.26. The zero-order valence-corrected chi connectivity index (χ0v) is 12.2. The smallest absolute Gasteiger partial charge is 0.370 e. The van der Waals surface area contributed by atoms with Gasteiger partial charge in [-0.05, 0) is 32.5 Å². The highest BCUT2D eigenvalue weighted by molar-refractivity contribution is 8.14. The van der Waals surface area contributed by atoms with Gasteiger partial charge in [0.05, 0.1) is 6.61 Å². The summed E-state index contributed by atoms with van der Waals surface area (Å²) in [6, 6.07) is -0.973. The van der Waals surface area contributed by atoms with Gasteiger partial charge in [0.25, 0.3) is 0 Å². The third-order valence-corrected chi connectivity index (χ3v) is 3.14. The topological polar surface area (TPSA) is 105 Å². The SMILES string of the molecule is CCOC(=O)[C@H](N)C(C)(C)SC(=O)OCOC(C)=O. The van der Waals surface area contributed by atoms with Crippen molar-refractivity contribution in [2.24, 2.45) is 5.73 Å². The number of hydrogen-bond donors (Lipinski definition) is 1. The van der Waals surface area contributed by atoms with Gasteiger partial charge in [-0.1, -0.05) is 0 Å². The number of hydrogen-bond acceptors (Lipinski definition) is 8. The van der Waals surface area contributed by atoms with E-state index in [-0.39, 0.29) is 6.61 Å². The molecule has 19 heavy (non-hydrogen) atoms. The van der Waals surface area contributed by atoms with Gasteiger partial charge >= 0.3 is 17.2 Å². The third-order valence-electron chi connectivity index (χ3n) is 2.07. The van der Waals surface area contributed by atoms with Gasteiger partial charge in [0, 0.05) is 11.7 Å². The van der Waals surface area contributed by atoms with Gasteiger partial charge in [0.2, 0.25) is 6.79 Å². The molecule has 0 aromatic rings. The Balaban J connectivity index is 4.30. The maximum atomic E-state index is 11.5. The zero-order chi connectivity index (χ0) is 15.1. The van der Waals surface area contributed by atoms with E-state index in [2.05, 4.69) is 9.47 Å². The number of carbonyl (C=O) groups excluding carboxylic acids is 3. The molecule has 0 aromatic carbocycles. The maximum Gasteiger partial charge on any atom is 0.370 e. The molecule has 7 nitrogen and oxygen atoms in total. The average molecular weight is 293 g/mol. The fourth-order valence-electron chi connectivity index (χ4n) is 0.984. The molecule has 0 bridgehead atoms. The molecular weight excluding hydrogens is 274 g/mol. The van der Waals surface area contributed by atoms with E-state index in [0.29, 0.717) is 0 Å². The van der Waals surface area contributed by atoms with E-state index in [1.807, 2.05) is 0 Å². The first-order chi connectivity index (χ1) is 8.70. The fourth-order valence-corrected chi connectivity index (χ4v) is 1.74. The van der Waals surface area contributed by atoms with Crippen LogP contribution < -0.4 is 5.73 Å². The van der Waals surface area contributed by atoms with Gasteiger partial charge in [-0.3, -0.25) is 9.59 Å². The minimum absolute atomic E-state index is 0.212. The van der Waals surface area contributed by atoms with Crippen molar-refractivity contribution >= 4 is 29.0 Å². The molecule has 0 unspecified atom stereocenters. The second kappa shape index (κ2) is 8.00. The number of thioether (sulfide) groups is 1. The predicted octanol–water partition coefficient (Wildman–Crippen LogP) is 1.05. The Hall–Kier alpha value is -1.28. The van der Waals surface area contributed by atoms with Crippen molar-refractivity contribution in [3.8, 4) is 0 Å². The van der Waals surface area contributed by atoms with Crippen LogP contribution in [0, 0.1) is 0 Å². The van der Waals surface area contributed by atoms with Crippen LogP contribution in [-0.2, 0) is 23.8 Å². The van der Waals surface area contributed by atoms with Crippen molar-refractivity contribution in [1.29, 1.82) is 0 Å². The second-order valence-electron chi connectivity index (χ2n) is 4.08. The van der Waals surface area contributed by atoms with Crippen LogP contribution >= 0.6 is 11.8 Å². The Morgan fingerprint density at radius 2 is 1.79 bits per heavy atom. The number of nitrogens with two attached hydrogens (primary N) is 1. The van der Waals surface area contributed by atoms with Crippen LogP contribution in [0.2, 0.25) is 0 Å². The minimum Gasteiger partial charge on any atom is -0.465 e. The summed E-state index contributed by atoms with van der Waals surface area (Å²) in [6.45, 7) is 5.84. The Labute approximate surface area is 116 Å². The zero-order valence-electron chi connectivity index (χ0n) is 11.4. The van der Waals surface area contributed by atoms with E-state index in [1.165, 1.54) is 6.92 Å². The van der Waals surface area contributed by atoms with Crippen molar-refractivity contribution in [3.05, 3.63) is 0 Å². The molecule has 0 saturated carbocycles. The summed E-state index contributed by atoms with van der Waals surface area (Å²) < 4.78 is 13.0. The number of rotatable bonds is 6. The fraction of sp³-hybridized carbons (Fsp3) is 0.727. The second-order valence-corrected chi connectivity index (χ2v) is 5.67. The van der Waals surface area contributed by atoms with E-state index in [0.717, 1.165) is 11.8 Å². The highest BCUT2D eigenvalue weighted by Gasteiger charge is 2.36. The number of carbonyl (C=O) groups is 3. The normalized spacial score (nSPS) is 12.5. The summed E-state index contributed by atoms with van der Waals surface area (Å²) >= 11 is 0.738. The van der Waals surface area contributed by atoms with Gasteiger partial charge in [0.15, 0.2) is 0 Å². The first-order valence-corrected chi connectivity index (χ1v) is 6.43. The Bertz CT molecular complexity index is 344. The monoisotopic (exact) mass is 293 g/mol. The van der Waals surface area contributed by atoms with Gasteiger partial charge < -0.3 is 19.9 Å². The highest BCUT2D eigenvalue weighted by Crippen LogP contribution is 2.29. The van der Waals surface area contributed by atoms with Crippen LogP contribution in [0.4, 0.5) is 4.79 Å². The van der Waals surface area contributed by atoms with Crippen LogP contribution in [0.5, 0.6) is 0 Å². The van der Waals surface area contributed by atoms with Crippen LogP contribution in [0.25, 0.3) is 0 Å². The molecule has 0 aliphatic rings. The largest absolute Gasteiger partial charge is 0.465 e.